The summed E-state index contributed by atoms with van der Waals surface area (Å²) in [5.41, 5.74) is 0.935. The van der Waals surface area contributed by atoms with Crippen LogP contribution in [0.1, 0.15) is 54.0 Å². The van der Waals surface area contributed by atoms with Crippen molar-refractivity contribution in [1.29, 1.82) is 0 Å². The van der Waals surface area contributed by atoms with Crippen LogP contribution in [-0.4, -0.2) is 29.9 Å². The fourth-order valence-corrected chi connectivity index (χ4v) is 3.47. The second-order valence-electron chi connectivity index (χ2n) is 7.95. The maximum Gasteiger partial charge on any atom is 0.499 e. The van der Waals surface area contributed by atoms with Gasteiger partial charge in [0.05, 0.1) is 11.2 Å². The third-order valence-electron chi connectivity index (χ3n) is 5.71. The zero-order chi connectivity index (χ0) is 19.4. The van der Waals surface area contributed by atoms with Crippen LogP contribution in [0.3, 0.4) is 0 Å². The molecule has 0 spiro atoms. The SMILES string of the molecule is CC1(C)OB(C2=C(c3ccccc3)C(=O)c3ccccc3C2=O)OC1(C)C. The summed E-state index contributed by atoms with van der Waals surface area (Å²) in [7, 11) is -0.894. The van der Waals surface area contributed by atoms with E-state index < -0.39 is 18.3 Å². The van der Waals surface area contributed by atoms with Crippen LogP contribution in [-0.2, 0) is 9.31 Å². The van der Waals surface area contributed by atoms with Gasteiger partial charge in [0.1, 0.15) is 0 Å². The predicted molar refractivity (Wildman–Crippen MR) is 105 cm³/mol. The number of carbonyl (C=O) groups is 2. The lowest BCUT2D eigenvalue weighted by atomic mass is 9.65. The second-order valence-corrected chi connectivity index (χ2v) is 7.95. The lowest BCUT2D eigenvalue weighted by Gasteiger charge is -2.32. The number of fused-ring (bicyclic) bond motifs is 1. The van der Waals surface area contributed by atoms with Crippen molar-refractivity contribution in [2.45, 2.75) is 38.9 Å². The maximum atomic E-state index is 13.4. The topological polar surface area (TPSA) is 52.6 Å². The van der Waals surface area contributed by atoms with Gasteiger partial charge in [-0.1, -0.05) is 54.6 Å². The van der Waals surface area contributed by atoms with Crippen molar-refractivity contribution >= 4 is 24.3 Å². The van der Waals surface area contributed by atoms with Crippen LogP contribution < -0.4 is 0 Å². The molecule has 0 amide bonds. The molecular formula is C22H21BO4. The molecule has 0 aromatic heterocycles. The molecule has 4 nitrogen and oxygen atoms in total. The average molecular weight is 360 g/mol. The Morgan fingerprint density at radius 2 is 1.19 bits per heavy atom. The fraction of sp³-hybridized carbons (Fsp3) is 0.273. The summed E-state index contributed by atoms with van der Waals surface area (Å²) < 4.78 is 12.3. The van der Waals surface area contributed by atoms with Crippen LogP contribution in [0.2, 0.25) is 0 Å². The van der Waals surface area contributed by atoms with Crippen LogP contribution in [0, 0.1) is 0 Å². The van der Waals surface area contributed by atoms with E-state index in [0.717, 1.165) is 0 Å². The number of ketones is 2. The summed E-state index contributed by atoms with van der Waals surface area (Å²) in [6, 6.07) is 16.2. The minimum absolute atomic E-state index is 0.180. The molecule has 27 heavy (non-hydrogen) atoms. The first-order chi connectivity index (χ1) is 12.7. The van der Waals surface area contributed by atoms with Gasteiger partial charge in [0.25, 0.3) is 0 Å². The van der Waals surface area contributed by atoms with Gasteiger partial charge in [-0.2, -0.15) is 0 Å². The molecule has 2 aliphatic rings. The normalized spacial score (nSPS) is 20.8. The van der Waals surface area contributed by atoms with Crippen molar-refractivity contribution in [2.24, 2.45) is 0 Å². The maximum absolute atomic E-state index is 13.4. The minimum Gasteiger partial charge on any atom is -0.399 e. The molecule has 0 N–H and O–H groups in total. The third-order valence-corrected chi connectivity index (χ3v) is 5.71. The Hall–Kier alpha value is -2.50. The Morgan fingerprint density at radius 1 is 0.704 bits per heavy atom. The van der Waals surface area contributed by atoms with Gasteiger partial charge in [0.15, 0.2) is 11.6 Å². The molecule has 1 aliphatic carbocycles. The van der Waals surface area contributed by atoms with Crippen molar-refractivity contribution in [1.82, 2.24) is 0 Å². The van der Waals surface area contributed by atoms with Crippen molar-refractivity contribution in [2.75, 3.05) is 0 Å². The van der Waals surface area contributed by atoms with E-state index in [0.29, 0.717) is 22.3 Å². The fourth-order valence-electron chi connectivity index (χ4n) is 3.47. The molecule has 5 heteroatoms. The van der Waals surface area contributed by atoms with Crippen molar-refractivity contribution in [3.8, 4) is 0 Å². The van der Waals surface area contributed by atoms with E-state index in [1.54, 1.807) is 24.3 Å². The second kappa shape index (κ2) is 6.01. The highest BCUT2D eigenvalue weighted by Gasteiger charge is 2.55. The number of hydrogen-bond donors (Lipinski definition) is 0. The largest absolute Gasteiger partial charge is 0.499 e. The number of allylic oxidation sites excluding steroid dienone is 2. The minimum atomic E-state index is -0.894. The molecule has 0 bridgehead atoms. The zero-order valence-corrected chi connectivity index (χ0v) is 15.9. The van der Waals surface area contributed by atoms with E-state index in [2.05, 4.69) is 0 Å². The average Bonchev–Trinajstić information content (AvgIpc) is 2.85. The summed E-state index contributed by atoms with van der Waals surface area (Å²) >= 11 is 0. The Labute approximate surface area is 159 Å². The third kappa shape index (κ3) is 2.70. The summed E-state index contributed by atoms with van der Waals surface area (Å²) in [5.74, 6) is -0.399. The number of benzene rings is 2. The molecule has 0 atom stereocenters. The molecule has 0 unspecified atom stereocenters. The first-order valence-electron chi connectivity index (χ1n) is 9.06. The summed E-state index contributed by atoms with van der Waals surface area (Å²) in [4.78, 5) is 26.7. The van der Waals surface area contributed by atoms with Crippen LogP contribution in [0.4, 0.5) is 0 Å². The van der Waals surface area contributed by atoms with Crippen molar-refractivity contribution in [3.05, 3.63) is 76.8 Å². The summed E-state index contributed by atoms with van der Waals surface area (Å²) in [6.45, 7) is 7.72. The zero-order valence-electron chi connectivity index (χ0n) is 15.9. The van der Waals surface area contributed by atoms with Crippen LogP contribution >= 0.6 is 0 Å². The van der Waals surface area contributed by atoms with Gasteiger partial charge in [0.2, 0.25) is 0 Å². The van der Waals surface area contributed by atoms with Crippen molar-refractivity contribution in [3.63, 3.8) is 0 Å². The first-order valence-corrected chi connectivity index (χ1v) is 9.06. The number of Topliss-reactive ketones (excluding diaryl/α,β-unsaturated/α-hetero) is 2. The van der Waals surface area contributed by atoms with E-state index in [-0.39, 0.29) is 17.0 Å². The molecule has 0 radical (unpaired) electrons. The molecule has 1 fully saturated rings. The van der Waals surface area contributed by atoms with Crippen LogP contribution in [0.15, 0.2) is 60.1 Å². The monoisotopic (exact) mass is 360 g/mol. The molecule has 0 saturated carbocycles. The standard InChI is InChI=1S/C22H21BO4/c1-21(2)22(3,4)27-23(26-21)18-17(14-10-6-5-7-11-14)19(24)15-12-8-9-13-16(15)20(18)25/h5-13H,1-4H3. The smallest absolute Gasteiger partial charge is 0.399 e. The Morgan fingerprint density at radius 3 is 1.74 bits per heavy atom. The molecule has 1 aliphatic heterocycles. The summed E-state index contributed by atoms with van der Waals surface area (Å²) in [5, 5.41) is 0. The highest BCUT2D eigenvalue weighted by atomic mass is 16.7. The van der Waals surface area contributed by atoms with Gasteiger partial charge < -0.3 is 9.31 Å². The molecule has 4 rings (SSSR count). The molecule has 2 aromatic rings. The Balaban J connectivity index is 1.94. The lowest BCUT2D eigenvalue weighted by Crippen LogP contribution is -2.41. The van der Waals surface area contributed by atoms with E-state index in [4.69, 9.17) is 9.31 Å². The Bertz CT molecular complexity index is 957. The van der Waals surface area contributed by atoms with Gasteiger partial charge in [-0.05, 0) is 33.3 Å². The molecular weight excluding hydrogens is 339 g/mol. The van der Waals surface area contributed by atoms with Gasteiger partial charge in [-0.3, -0.25) is 9.59 Å². The van der Waals surface area contributed by atoms with E-state index >= 15 is 0 Å². The molecule has 1 heterocycles. The van der Waals surface area contributed by atoms with Crippen molar-refractivity contribution < 1.29 is 18.9 Å². The number of rotatable bonds is 2. The highest BCUT2D eigenvalue weighted by molar-refractivity contribution is 6.69. The molecule has 2 aromatic carbocycles. The lowest BCUT2D eigenvalue weighted by molar-refractivity contribution is 0.00578. The van der Waals surface area contributed by atoms with Crippen LogP contribution in [0.25, 0.3) is 5.57 Å². The quantitative estimate of drug-likeness (QED) is 0.755. The molecule has 136 valence electrons. The van der Waals surface area contributed by atoms with E-state index in [1.165, 1.54) is 0 Å². The Kier molecular flexibility index (Phi) is 3.98. The number of carbonyl (C=O) groups excluding carboxylic acids is 2. The van der Waals surface area contributed by atoms with Gasteiger partial charge in [-0.25, -0.2) is 0 Å². The van der Waals surface area contributed by atoms with Crippen LogP contribution in [0.5, 0.6) is 0 Å². The van der Waals surface area contributed by atoms with E-state index in [9.17, 15) is 9.59 Å². The number of hydrogen-bond acceptors (Lipinski definition) is 4. The van der Waals surface area contributed by atoms with Gasteiger partial charge in [0, 0.05) is 22.2 Å². The first kappa shape index (κ1) is 17.9. The van der Waals surface area contributed by atoms with Gasteiger partial charge >= 0.3 is 7.12 Å². The molecule has 1 saturated heterocycles. The van der Waals surface area contributed by atoms with E-state index in [1.807, 2.05) is 58.0 Å². The van der Waals surface area contributed by atoms with Gasteiger partial charge in [-0.15, -0.1) is 0 Å². The highest BCUT2D eigenvalue weighted by Crippen LogP contribution is 2.42. The predicted octanol–water partition coefficient (Wildman–Crippen LogP) is 4.15. The summed E-state index contributed by atoms with van der Waals surface area (Å²) in [6.07, 6.45) is 0.